The Labute approximate surface area is 215 Å². The van der Waals surface area contributed by atoms with Gasteiger partial charge in [0, 0.05) is 35.4 Å². The van der Waals surface area contributed by atoms with E-state index in [9.17, 15) is 19.1 Å². The van der Waals surface area contributed by atoms with Gasteiger partial charge in [-0.25, -0.2) is 14.2 Å². The molecule has 2 unspecified atom stereocenters. The van der Waals surface area contributed by atoms with Gasteiger partial charge >= 0.3 is 11.9 Å². The molecule has 0 saturated carbocycles. The van der Waals surface area contributed by atoms with Gasteiger partial charge in [-0.1, -0.05) is 23.7 Å². The highest BCUT2D eigenvalue weighted by Gasteiger charge is 2.55. The zero-order valence-corrected chi connectivity index (χ0v) is 20.9. The number of carbonyl (C=O) groups is 2. The smallest absolute Gasteiger partial charge is 0.338 e. The zero-order chi connectivity index (χ0) is 25.4. The number of esters is 1. The quantitative estimate of drug-likeness (QED) is 0.521. The number of rotatable bonds is 7. The Morgan fingerprint density at radius 2 is 2.28 bits per heavy atom. The SMILES string of the molecule is CCOC(=O)C1=C(CN2C3CCC2(C(=O)O)COC3)NC(c2nccs2)=N[C@H]1c1cccc(F)c1Cl. The summed E-state index contributed by atoms with van der Waals surface area (Å²) in [5.74, 6) is -1.88. The van der Waals surface area contributed by atoms with Crippen molar-refractivity contribution in [1.29, 1.82) is 0 Å². The van der Waals surface area contributed by atoms with E-state index in [2.05, 4.69) is 10.3 Å². The molecule has 2 bridgehead atoms. The largest absolute Gasteiger partial charge is 0.480 e. The molecule has 2 saturated heterocycles. The number of ether oxygens (including phenoxy) is 2. The van der Waals surface area contributed by atoms with Crippen molar-refractivity contribution in [1.82, 2.24) is 15.2 Å². The molecule has 2 N–H and O–H groups in total. The lowest BCUT2D eigenvalue weighted by molar-refractivity contribution is -0.161. The number of aliphatic carboxylic acids is 1. The zero-order valence-electron chi connectivity index (χ0n) is 19.4. The van der Waals surface area contributed by atoms with E-state index in [1.165, 1.54) is 23.5 Å². The predicted molar refractivity (Wildman–Crippen MR) is 131 cm³/mol. The topological polar surface area (TPSA) is 113 Å². The van der Waals surface area contributed by atoms with E-state index in [1.807, 2.05) is 4.90 Å². The molecule has 1 aromatic carbocycles. The molecule has 2 fully saturated rings. The molecule has 3 aliphatic rings. The standard InChI is InChI=1S/C24H24ClFN4O5S/c1-2-35-22(31)17-16(10-30-13-6-7-24(30,23(32)33)12-34-11-13)28-20(21-27-8-9-36-21)29-19(17)14-4-3-5-15(26)18(14)25/h3-5,8-9,13,19H,2,6-7,10-12H2,1H3,(H,28,29)(H,32,33)/t13?,19-,24?/m0/s1. The molecule has 5 rings (SSSR count). The van der Waals surface area contributed by atoms with Gasteiger partial charge < -0.3 is 19.9 Å². The molecular formula is C24H24ClFN4O5S. The number of amidine groups is 1. The van der Waals surface area contributed by atoms with Crippen molar-refractivity contribution < 1.29 is 28.6 Å². The number of carboxylic acid groups (broad SMARTS) is 1. The van der Waals surface area contributed by atoms with E-state index < -0.39 is 29.3 Å². The number of hydrogen-bond acceptors (Lipinski definition) is 9. The Balaban J connectivity index is 1.65. The summed E-state index contributed by atoms with van der Waals surface area (Å²) >= 11 is 7.69. The summed E-state index contributed by atoms with van der Waals surface area (Å²) in [6, 6.07) is 3.22. The van der Waals surface area contributed by atoms with E-state index in [1.54, 1.807) is 24.6 Å². The molecule has 3 atom stereocenters. The fraction of sp³-hybridized carbons (Fsp3) is 0.417. The third-order valence-corrected chi connectivity index (χ3v) is 7.97. The van der Waals surface area contributed by atoms with Gasteiger partial charge in [-0.2, -0.15) is 0 Å². The lowest BCUT2D eigenvalue weighted by Gasteiger charge is -2.42. The number of nitrogens with zero attached hydrogens (tertiary/aromatic N) is 3. The van der Waals surface area contributed by atoms with Crippen LogP contribution in [0.2, 0.25) is 5.02 Å². The van der Waals surface area contributed by atoms with Crippen LogP contribution >= 0.6 is 22.9 Å². The van der Waals surface area contributed by atoms with E-state index in [0.29, 0.717) is 41.6 Å². The number of hydrogen-bond donors (Lipinski definition) is 2. The van der Waals surface area contributed by atoms with Crippen LogP contribution in [0.4, 0.5) is 4.39 Å². The minimum absolute atomic E-state index is 0.0490. The second-order valence-electron chi connectivity index (χ2n) is 8.77. The van der Waals surface area contributed by atoms with Crippen LogP contribution < -0.4 is 5.32 Å². The van der Waals surface area contributed by atoms with Gasteiger partial charge in [0.1, 0.15) is 17.4 Å². The first-order chi connectivity index (χ1) is 17.4. The molecule has 0 radical (unpaired) electrons. The molecule has 0 aliphatic carbocycles. The van der Waals surface area contributed by atoms with Crippen molar-refractivity contribution in [3.05, 3.63) is 62.5 Å². The monoisotopic (exact) mass is 534 g/mol. The van der Waals surface area contributed by atoms with Gasteiger partial charge in [-0.15, -0.1) is 11.3 Å². The lowest BCUT2D eigenvalue weighted by atomic mass is 9.93. The highest BCUT2D eigenvalue weighted by molar-refractivity contribution is 7.11. The third kappa shape index (κ3) is 4.19. The number of benzene rings is 1. The maximum Gasteiger partial charge on any atom is 0.338 e. The van der Waals surface area contributed by atoms with E-state index in [0.717, 1.165) is 0 Å². The summed E-state index contributed by atoms with van der Waals surface area (Å²) in [6.45, 7) is 2.34. The Morgan fingerprint density at radius 3 is 3.00 bits per heavy atom. The summed E-state index contributed by atoms with van der Waals surface area (Å²) < 4.78 is 25.5. The highest BCUT2D eigenvalue weighted by atomic mass is 35.5. The van der Waals surface area contributed by atoms with E-state index in [-0.39, 0.29) is 36.4 Å². The van der Waals surface area contributed by atoms with Crippen LogP contribution in [-0.4, -0.2) is 70.7 Å². The second-order valence-corrected chi connectivity index (χ2v) is 10.0. The molecule has 4 heterocycles. The lowest BCUT2D eigenvalue weighted by Crippen LogP contribution is -2.61. The van der Waals surface area contributed by atoms with Crippen LogP contribution in [0.3, 0.4) is 0 Å². The fourth-order valence-electron chi connectivity index (χ4n) is 5.06. The number of nitrogens with one attached hydrogen (secondary N) is 1. The van der Waals surface area contributed by atoms with Crippen molar-refractivity contribution in [2.24, 2.45) is 4.99 Å². The van der Waals surface area contributed by atoms with E-state index >= 15 is 0 Å². The van der Waals surface area contributed by atoms with Gasteiger partial charge in [-0.3, -0.25) is 14.7 Å². The molecule has 1 aromatic heterocycles. The summed E-state index contributed by atoms with van der Waals surface area (Å²) in [5.41, 5.74) is -0.348. The number of carbonyl (C=O) groups excluding carboxylic acids is 1. The average Bonchev–Trinajstić information content (AvgIpc) is 3.45. The first kappa shape index (κ1) is 24.8. The number of fused-ring (bicyclic) bond motifs is 2. The molecule has 12 heteroatoms. The summed E-state index contributed by atoms with van der Waals surface area (Å²) in [7, 11) is 0. The molecule has 0 amide bonds. The second kappa shape index (κ2) is 9.89. The molecule has 190 valence electrons. The molecule has 0 spiro atoms. The minimum Gasteiger partial charge on any atom is -0.480 e. The van der Waals surface area contributed by atoms with Crippen molar-refractivity contribution in [2.45, 2.75) is 37.4 Å². The number of thiazole rings is 1. The Kier molecular flexibility index (Phi) is 6.82. The minimum atomic E-state index is -1.21. The highest BCUT2D eigenvalue weighted by Crippen LogP contribution is 2.41. The molecule has 3 aliphatic heterocycles. The van der Waals surface area contributed by atoms with Crippen molar-refractivity contribution in [3.8, 4) is 0 Å². The molecule has 36 heavy (non-hydrogen) atoms. The summed E-state index contributed by atoms with van der Waals surface area (Å²) in [4.78, 5) is 36.6. The fourth-order valence-corrected chi connectivity index (χ4v) is 5.88. The molecular weight excluding hydrogens is 511 g/mol. The van der Waals surface area contributed by atoms with Crippen LogP contribution in [-0.2, 0) is 19.1 Å². The first-order valence-corrected chi connectivity index (χ1v) is 12.8. The van der Waals surface area contributed by atoms with Gasteiger partial charge in [0.25, 0.3) is 0 Å². The maximum absolute atomic E-state index is 14.5. The van der Waals surface area contributed by atoms with Crippen LogP contribution in [0.1, 0.15) is 36.4 Å². The van der Waals surface area contributed by atoms with Gasteiger partial charge in [0.05, 0.1) is 30.4 Å². The van der Waals surface area contributed by atoms with Crippen LogP contribution in [0, 0.1) is 5.82 Å². The van der Waals surface area contributed by atoms with Crippen molar-refractivity contribution in [3.63, 3.8) is 0 Å². The number of aliphatic imine (C=N–C) groups is 1. The van der Waals surface area contributed by atoms with Gasteiger partial charge in [-0.05, 0) is 25.8 Å². The van der Waals surface area contributed by atoms with Crippen LogP contribution in [0.25, 0.3) is 0 Å². The normalized spacial score (nSPS) is 25.9. The number of carboxylic acids is 1. The van der Waals surface area contributed by atoms with Crippen molar-refractivity contribution >= 4 is 40.7 Å². The van der Waals surface area contributed by atoms with Gasteiger partial charge in [0.2, 0.25) is 0 Å². The summed E-state index contributed by atoms with van der Waals surface area (Å²) in [5, 5.41) is 15.5. The average molecular weight is 535 g/mol. The Hall–Kier alpha value is -2.86. The summed E-state index contributed by atoms with van der Waals surface area (Å²) in [6.07, 6.45) is 2.71. The number of morpholine rings is 1. The van der Waals surface area contributed by atoms with Gasteiger partial charge in [0.15, 0.2) is 10.8 Å². The van der Waals surface area contributed by atoms with Crippen LogP contribution in [0.5, 0.6) is 0 Å². The maximum atomic E-state index is 14.5. The first-order valence-electron chi connectivity index (χ1n) is 11.5. The van der Waals surface area contributed by atoms with Crippen molar-refractivity contribution in [2.75, 3.05) is 26.4 Å². The number of aromatic nitrogens is 1. The third-order valence-electron chi connectivity index (χ3n) is 6.79. The van der Waals surface area contributed by atoms with E-state index in [4.69, 9.17) is 26.1 Å². The molecule has 2 aromatic rings. The Morgan fingerprint density at radius 1 is 1.44 bits per heavy atom. The van der Waals surface area contributed by atoms with Crippen LogP contribution in [0.15, 0.2) is 46.0 Å². The molecule has 9 nitrogen and oxygen atoms in total. The Bertz CT molecular complexity index is 1250. The number of halogens is 2. The predicted octanol–water partition coefficient (Wildman–Crippen LogP) is 3.16.